The Kier molecular flexibility index (Phi) is 4.68. The van der Waals surface area contributed by atoms with Crippen LogP contribution in [0.25, 0.3) is 0 Å². The Labute approximate surface area is 120 Å². The fourth-order valence-electron chi connectivity index (χ4n) is 3.38. The molecule has 0 aromatic heterocycles. The molecule has 1 saturated heterocycles. The van der Waals surface area contributed by atoms with Gasteiger partial charge in [0.1, 0.15) is 0 Å². The van der Waals surface area contributed by atoms with Gasteiger partial charge in [0, 0.05) is 13.2 Å². The fraction of sp³-hybridized carbons (Fsp3) is 0.625. The van der Waals surface area contributed by atoms with Crippen LogP contribution in [0.5, 0.6) is 0 Å². The molecule has 0 bridgehead atoms. The van der Waals surface area contributed by atoms with Gasteiger partial charge in [-0.2, -0.15) is 0 Å². The summed E-state index contributed by atoms with van der Waals surface area (Å²) >= 11 is 0. The van der Waals surface area contributed by atoms with E-state index in [0.717, 1.165) is 45.5 Å². The summed E-state index contributed by atoms with van der Waals surface area (Å²) in [6.45, 7) is 2.54. The number of ether oxygens (including phenoxy) is 2. The van der Waals surface area contributed by atoms with Crippen LogP contribution in [0.2, 0.25) is 0 Å². The van der Waals surface area contributed by atoms with E-state index in [1.54, 1.807) is 0 Å². The highest BCUT2D eigenvalue weighted by molar-refractivity contribution is 5.31. The average Bonchev–Trinajstić information content (AvgIpc) is 2.53. The molecule has 1 fully saturated rings. The Bertz CT molecular complexity index is 432. The van der Waals surface area contributed by atoms with Gasteiger partial charge in [-0.25, -0.2) is 0 Å². The van der Waals surface area contributed by atoms with E-state index in [1.165, 1.54) is 11.1 Å². The highest BCUT2D eigenvalue weighted by atomic mass is 16.5. The van der Waals surface area contributed by atoms with Gasteiger partial charge < -0.3 is 9.47 Å². The third-order valence-corrected chi connectivity index (χ3v) is 4.54. The van der Waals surface area contributed by atoms with Crippen LogP contribution in [-0.2, 0) is 15.9 Å². The molecular formula is C16H24N2O2. The van der Waals surface area contributed by atoms with Gasteiger partial charge >= 0.3 is 0 Å². The minimum Gasteiger partial charge on any atom is -0.381 e. The van der Waals surface area contributed by atoms with Crippen LogP contribution in [0, 0.1) is 5.92 Å². The van der Waals surface area contributed by atoms with Gasteiger partial charge in [-0.05, 0) is 42.7 Å². The molecule has 1 aromatic carbocycles. The Balaban J connectivity index is 1.72. The quantitative estimate of drug-likeness (QED) is 0.652. The zero-order chi connectivity index (χ0) is 13.8. The number of hydrogen-bond acceptors (Lipinski definition) is 4. The third kappa shape index (κ3) is 3.04. The lowest BCUT2D eigenvalue weighted by Crippen LogP contribution is -2.44. The molecule has 0 amide bonds. The van der Waals surface area contributed by atoms with Gasteiger partial charge in [0.05, 0.1) is 18.8 Å². The molecule has 20 heavy (non-hydrogen) atoms. The van der Waals surface area contributed by atoms with Gasteiger partial charge in [-0.3, -0.25) is 11.3 Å². The molecule has 3 rings (SSSR count). The largest absolute Gasteiger partial charge is 0.381 e. The molecule has 2 atom stereocenters. The van der Waals surface area contributed by atoms with E-state index < -0.39 is 0 Å². The van der Waals surface area contributed by atoms with Crippen LogP contribution in [0.1, 0.15) is 36.5 Å². The van der Waals surface area contributed by atoms with E-state index in [4.69, 9.17) is 15.3 Å². The lowest BCUT2D eigenvalue weighted by Gasteiger charge is -2.34. The van der Waals surface area contributed by atoms with Crippen molar-refractivity contribution in [3.63, 3.8) is 0 Å². The van der Waals surface area contributed by atoms with E-state index in [-0.39, 0.29) is 12.1 Å². The zero-order valence-electron chi connectivity index (χ0n) is 11.9. The maximum atomic E-state index is 6.03. The van der Waals surface area contributed by atoms with Crippen molar-refractivity contribution in [3.8, 4) is 0 Å². The highest BCUT2D eigenvalue weighted by Crippen LogP contribution is 2.33. The predicted molar refractivity (Wildman–Crippen MR) is 78.1 cm³/mol. The molecule has 0 aliphatic carbocycles. The van der Waals surface area contributed by atoms with Crippen molar-refractivity contribution in [1.82, 2.24) is 5.43 Å². The van der Waals surface area contributed by atoms with Crippen molar-refractivity contribution < 1.29 is 9.47 Å². The van der Waals surface area contributed by atoms with E-state index in [9.17, 15) is 0 Å². The lowest BCUT2D eigenvalue weighted by molar-refractivity contribution is -0.000354. The minimum atomic E-state index is 0.0767. The van der Waals surface area contributed by atoms with Crippen LogP contribution in [-0.4, -0.2) is 25.9 Å². The van der Waals surface area contributed by atoms with Crippen molar-refractivity contribution in [3.05, 3.63) is 35.4 Å². The van der Waals surface area contributed by atoms with Crippen molar-refractivity contribution in [2.45, 2.75) is 37.8 Å². The van der Waals surface area contributed by atoms with Gasteiger partial charge in [-0.15, -0.1) is 0 Å². The maximum absolute atomic E-state index is 6.03. The van der Waals surface area contributed by atoms with E-state index in [1.807, 2.05) is 0 Å². The summed E-state index contributed by atoms with van der Waals surface area (Å²) in [5, 5.41) is 0. The molecule has 2 heterocycles. The first kappa shape index (κ1) is 14.0. The SMILES string of the molecule is NNC(CC1CCOCC1)C1OCCc2ccccc21. The van der Waals surface area contributed by atoms with E-state index >= 15 is 0 Å². The first-order valence-corrected chi connectivity index (χ1v) is 7.61. The predicted octanol–water partition coefficient (Wildman–Crippen LogP) is 1.95. The summed E-state index contributed by atoms with van der Waals surface area (Å²) < 4.78 is 11.5. The molecular weight excluding hydrogens is 252 g/mol. The van der Waals surface area contributed by atoms with Crippen LogP contribution in [0.4, 0.5) is 0 Å². The molecule has 2 unspecified atom stereocenters. The van der Waals surface area contributed by atoms with Crippen molar-refractivity contribution in [2.75, 3.05) is 19.8 Å². The molecule has 0 spiro atoms. The third-order valence-electron chi connectivity index (χ3n) is 4.54. The summed E-state index contributed by atoms with van der Waals surface area (Å²) in [5.74, 6) is 6.50. The van der Waals surface area contributed by atoms with Crippen molar-refractivity contribution in [1.29, 1.82) is 0 Å². The van der Waals surface area contributed by atoms with Crippen molar-refractivity contribution in [2.24, 2.45) is 11.8 Å². The standard InChI is InChI=1S/C16H24N2O2/c17-18-15(11-12-5-8-19-9-6-12)16-14-4-2-1-3-13(14)7-10-20-16/h1-4,12,15-16,18H,5-11,17H2. The molecule has 2 aliphatic heterocycles. The number of rotatable bonds is 4. The number of hydrazine groups is 1. The second-order valence-electron chi connectivity index (χ2n) is 5.80. The highest BCUT2D eigenvalue weighted by Gasteiger charge is 2.30. The summed E-state index contributed by atoms with van der Waals surface area (Å²) in [6.07, 6.45) is 4.40. The first-order valence-electron chi connectivity index (χ1n) is 7.61. The molecule has 1 aromatic rings. The first-order chi connectivity index (χ1) is 9.88. The molecule has 4 heteroatoms. The van der Waals surface area contributed by atoms with E-state index in [0.29, 0.717) is 5.92 Å². The van der Waals surface area contributed by atoms with Crippen LogP contribution < -0.4 is 11.3 Å². The molecule has 3 N–H and O–H groups in total. The smallest absolute Gasteiger partial charge is 0.0994 e. The van der Waals surface area contributed by atoms with Crippen LogP contribution in [0.15, 0.2) is 24.3 Å². The lowest BCUT2D eigenvalue weighted by atomic mass is 9.86. The number of hydrogen-bond donors (Lipinski definition) is 2. The molecule has 110 valence electrons. The number of benzene rings is 1. The number of nitrogens with one attached hydrogen (secondary N) is 1. The summed E-state index contributed by atoms with van der Waals surface area (Å²) in [6, 6.07) is 8.74. The van der Waals surface area contributed by atoms with Crippen LogP contribution >= 0.6 is 0 Å². The summed E-state index contributed by atoms with van der Waals surface area (Å²) in [5.41, 5.74) is 5.69. The molecule has 4 nitrogen and oxygen atoms in total. The topological polar surface area (TPSA) is 56.5 Å². The van der Waals surface area contributed by atoms with Crippen LogP contribution in [0.3, 0.4) is 0 Å². The molecule has 2 aliphatic rings. The Morgan fingerprint density at radius 1 is 1.20 bits per heavy atom. The van der Waals surface area contributed by atoms with E-state index in [2.05, 4.69) is 29.7 Å². The Hall–Kier alpha value is -0.940. The second-order valence-corrected chi connectivity index (χ2v) is 5.80. The molecule has 0 saturated carbocycles. The monoisotopic (exact) mass is 276 g/mol. The van der Waals surface area contributed by atoms with Crippen molar-refractivity contribution >= 4 is 0 Å². The van der Waals surface area contributed by atoms with Gasteiger partial charge in [0.25, 0.3) is 0 Å². The average molecular weight is 276 g/mol. The zero-order valence-corrected chi connectivity index (χ0v) is 11.9. The normalized spacial score (nSPS) is 25.1. The van der Waals surface area contributed by atoms with Gasteiger partial charge in [-0.1, -0.05) is 24.3 Å². The minimum absolute atomic E-state index is 0.0767. The Morgan fingerprint density at radius 2 is 2.00 bits per heavy atom. The number of nitrogens with two attached hydrogens (primary N) is 1. The Morgan fingerprint density at radius 3 is 2.80 bits per heavy atom. The molecule has 0 radical (unpaired) electrons. The number of fused-ring (bicyclic) bond motifs is 1. The van der Waals surface area contributed by atoms with Gasteiger partial charge in [0.2, 0.25) is 0 Å². The summed E-state index contributed by atoms with van der Waals surface area (Å²) in [7, 11) is 0. The maximum Gasteiger partial charge on any atom is 0.0994 e. The van der Waals surface area contributed by atoms with Gasteiger partial charge in [0.15, 0.2) is 0 Å². The second kappa shape index (κ2) is 6.68. The summed E-state index contributed by atoms with van der Waals surface area (Å²) in [4.78, 5) is 0. The fourth-order valence-corrected chi connectivity index (χ4v) is 3.38.